The van der Waals surface area contributed by atoms with Crippen molar-refractivity contribution in [3.05, 3.63) is 60.0 Å². The molecule has 0 spiro atoms. The summed E-state index contributed by atoms with van der Waals surface area (Å²) in [5.74, 6) is 0.179. The van der Waals surface area contributed by atoms with Crippen LogP contribution in [-0.2, 0) is 16.2 Å². The van der Waals surface area contributed by atoms with Gasteiger partial charge in [-0.05, 0) is 24.3 Å². The van der Waals surface area contributed by atoms with Crippen molar-refractivity contribution in [2.75, 3.05) is 26.2 Å². The fourth-order valence-electron chi connectivity index (χ4n) is 3.27. The second kappa shape index (κ2) is 7.85. The van der Waals surface area contributed by atoms with Gasteiger partial charge < -0.3 is 13.8 Å². The van der Waals surface area contributed by atoms with Gasteiger partial charge in [0.25, 0.3) is 5.91 Å². The Morgan fingerprint density at radius 2 is 1.71 bits per heavy atom. The summed E-state index contributed by atoms with van der Waals surface area (Å²) in [6.07, 6.45) is -3.37. The Kier molecular flexibility index (Phi) is 5.35. The van der Waals surface area contributed by atoms with E-state index >= 15 is 0 Å². The number of aromatic nitrogens is 1. The van der Waals surface area contributed by atoms with Crippen LogP contribution in [0.1, 0.15) is 16.1 Å². The molecule has 0 radical (unpaired) electrons. The fraction of sp³-hybridized carbons (Fsp3) is 0.263. The molecule has 0 N–H and O–H groups in total. The normalized spacial score (nSPS) is 15.9. The van der Waals surface area contributed by atoms with Crippen molar-refractivity contribution in [1.82, 2.24) is 14.4 Å². The van der Waals surface area contributed by atoms with Gasteiger partial charge in [0, 0.05) is 32.2 Å². The summed E-state index contributed by atoms with van der Waals surface area (Å²) in [6.45, 7) is -0.309. The summed E-state index contributed by atoms with van der Waals surface area (Å²) >= 11 is 0. The van der Waals surface area contributed by atoms with Crippen LogP contribution < -0.4 is 0 Å². The van der Waals surface area contributed by atoms with E-state index in [2.05, 4.69) is 5.16 Å². The summed E-state index contributed by atoms with van der Waals surface area (Å²) in [6, 6.07) is 8.72. The van der Waals surface area contributed by atoms with E-state index in [0.29, 0.717) is 5.76 Å². The quantitative estimate of drug-likeness (QED) is 0.600. The van der Waals surface area contributed by atoms with E-state index in [0.717, 1.165) is 22.5 Å². The molecule has 0 saturated carbocycles. The van der Waals surface area contributed by atoms with E-state index in [1.54, 1.807) is 12.1 Å². The lowest BCUT2D eigenvalue weighted by Crippen LogP contribution is -2.50. The van der Waals surface area contributed by atoms with E-state index in [-0.39, 0.29) is 37.6 Å². The number of furan rings is 1. The molecule has 12 heteroatoms. The zero-order valence-corrected chi connectivity index (χ0v) is 16.7. The molecule has 3 aromatic rings. The van der Waals surface area contributed by atoms with Gasteiger partial charge in [-0.1, -0.05) is 17.3 Å². The highest BCUT2D eigenvalue weighted by atomic mass is 32.2. The molecule has 1 amide bonds. The Balaban J connectivity index is 1.47. The SMILES string of the molecule is O=C(c1cc(-c2ccco2)on1)N1CCN(S(=O)(=O)c2ccccc2C(F)(F)F)CC1. The zero-order chi connectivity index (χ0) is 22.2. The number of hydrogen-bond acceptors (Lipinski definition) is 6. The Morgan fingerprint density at radius 1 is 1.00 bits per heavy atom. The van der Waals surface area contributed by atoms with Gasteiger partial charge in [-0.25, -0.2) is 8.42 Å². The van der Waals surface area contributed by atoms with Crippen LogP contribution in [0.15, 0.2) is 62.6 Å². The Bertz CT molecular complexity index is 1180. The molecule has 0 aliphatic carbocycles. The van der Waals surface area contributed by atoms with Crippen molar-refractivity contribution in [1.29, 1.82) is 0 Å². The maximum absolute atomic E-state index is 13.2. The van der Waals surface area contributed by atoms with Gasteiger partial charge in [-0.15, -0.1) is 0 Å². The lowest BCUT2D eigenvalue weighted by Gasteiger charge is -2.34. The number of carbonyl (C=O) groups excluding carboxylic acids is 1. The number of hydrogen-bond donors (Lipinski definition) is 0. The molecule has 0 bridgehead atoms. The van der Waals surface area contributed by atoms with Gasteiger partial charge >= 0.3 is 6.18 Å². The number of sulfonamides is 1. The van der Waals surface area contributed by atoms with E-state index in [1.807, 2.05) is 0 Å². The number of halogens is 3. The molecule has 0 unspecified atom stereocenters. The first-order valence-electron chi connectivity index (χ1n) is 9.14. The molecule has 8 nitrogen and oxygen atoms in total. The molecule has 4 rings (SSSR count). The summed E-state index contributed by atoms with van der Waals surface area (Å²) in [5.41, 5.74) is -1.20. The molecule has 31 heavy (non-hydrogen) atoms. The molecule has 0 atom stereocenters. The monoisotopic (exact) mass is 455 g/mol. The minimum atomic E-state index is -4.81. The Labute approximate surface area is 174 Å². The van der Waals surface area contributed by atoms with Gasteiger partial charge in [-0.3, -0.25) is 4.79 Å². The molecule has 1 aliphatic heterocycles. The van der Waals surface area contributed by atoms with Crippen LogP contribution in [0.3, 0.4) is 0 Å². The van der Waals surface area contributed by atoms with Crippen LogP contribution in [0, 0.1) is 0 Å². The highest BCUT2D eigenvalue weighted by Gasteiger charge is 2.40. The molecule has 1 fully saturated rings. The van der Waals surface area contributed by atoms with Crippen molar-refractivity contribution in [2.24, 2.45) is 0 Å². The van der Waals surface area contributed by atoms with Crippen LogP contribution in [-0.4, -0.2) is 54.9 Å². The van der Waals surface area contributed by atoms with Crippen LogP contribution in [0.5, 0.6) is 0 Å². The van der Waals surface area contributed by atoms with Gasteiger partial charge in [0.2, 0.25) is 15.8 Å². The Morgan fingerprint density at radius 3 is 2.35 bits per heavy atom. The van der Waals surface area contributed by atoms with Gasteiger partial charge in [0.1, 0.15) is 0 Å². The average Bonchev–Trinajstić information content (AvgIpc) is 3.44. The number of rotatable bonds is 4. The third-order valence-corrected chi connectivity index (χ3v) is 6.79. The van der Waals surface area contributed by atoms with Crippen molar-refractivity contribution < 1.29 is 35.3 Å². The van der Waals surface area contributed by atoms with E-state index in [1.165, 1.54) is 23.3 Å². The number of amides is 1. The molecule has 2 aromatic heterocycles. The van der Waals surface area contributed by atoms with Gasteiger partial charge in [0.15, 0.2) is 11.5 Å². The van der Waals surface area contributed by atoms with Crippen molar-refractivity contribution in [3.63, 3.8) is 0 Å². The van der Waals surface area contributed by atoms with Gasteiger partial charge in [0.05, 0.1) is 16.7 Å². The number of carbonyl (C=O) groups is 1. The zero-order valence-electron chi connectivity index (χ0n) is 15.9. The van der Waals surface area contributed by atoms with Crippen LogP contribution >= 0.6 is 0 Å². The summed E-state index contributed by atoms with van der Waals surface area (Å²) in [7, 11) is -4.39. The molecular formula is C19H16F3N3O5S. The second-order valence-corrected chi connectivity index (χ2v) is 8.65. The third-order valence-electron chi connectivity index (χ3n) is 4.83. The molecule has 1 aromatic carbocycles. The predicted molar refractivity (Wildman–Crippen MR) is 100 cm³/mol. The van der Waals surface area contributed by atoms with Crippen molar-refractivity contribution in [2.45, 2.75) is 11.1 Å². The first-order chi connectivity index (χ1) is 14.7. The second-order valence-electron chi connectivity index (χ2n) is 6.74. The van der Waals surface area contributed by atoms with Crippen LogP contribution in [0.4, 0.5) is 13.2 Å². The fourth-order valence-corrected chi connectivity index (χ4v) is 4.90. The topological polar surface area (TPSA) is 96.9 Å². The molecule has 164 valence electrons. The third kappa shape index (κ3) is 4.08. The first-order valence-corrected chi connectivity index (χ1v) is 10.6. The van der Waals surface area contributed by atoms with Gasteiger partial charge in [-0.2, -0.15) is 17.5 Å². The first kappa shape index (κ1) is 21.1. The number of alkyl halides is 3. The van der Waals surface area contributed by atoms with Crippen LogP contribution in [0.25, 0.3) is 11.5 Å². The molecule has 3 heterocycles. The maximum atomic E-state index is 13.2. The lowest BCUT2D eigenvalue weighted by molar-refractivity contribution is -0.139. The van der Waals surface area contributed by atoms with Crippen LogP contribution in [0.2, 0.25) is 0 Å². The highest BCUT2D eigenvalue weighted by Crippen LogP contribution is 2.35. The molecule has 1 saturated heterocycles. The van der Waals surface area contributed by atoms with E-state index in [4.69, 9.17) is 8.94 Å². The average molecular weight is 455 g/mol. The predicted octanol–water partition coefficient (Wildman–Crippen LogP) is 3.10. The highest BCUT2D eigenvalue weighted by molar-refractivity contribution is 7.89. The lowest BCUT2D eigenvalue weighted by atomic mass is 10.2. The maximum Gasteiger partial charge on any atom is 0.417 e. The molecule has 1 aliphatic rings. The smallest absolute Gasteiger partial charge is 0.417 e. The minimum Gasteiger partial charge on any atom is -0.461 e. The van der Waals surface area contributed by atoms with E-state index < -0.39 is 32.6 Å². The van der Waals surface area contributed by atoms with Crippen molar-refractivity contribution >= 4 is 15.9 Å². The Hall–Kier alpha value is -3.12. The number of nitrogens with zero attached hydrogens (tertiary/aromatic N) is 3. The summed E-state index contributed by atoms with van der Waals surface area (Å²) in [4.78, 5) is 13.2. The summed E-state index contributed by atoms with van der Waals surface area (Å²) in [5, 5.41) is 3.72. The molecular weight excluding hydrogens is 439 g/mol. The minimum absolute atomic E-state index is 0.00477. The van der Waals surface area contributed by atoms with Crippen molar-refractivity contribution in [3.8, 4) is 11.5 Å². The number of benzene rings is 1. The number of piperazine rings is 1. The largest absolute Gasteiger partial charge is 0.461 e. The van der Waals surface area contributed by atoms with E-state index in [9.17, 15) is 26.4 Å². The summed E-state index contributed by atoms with van der Waals surface area (Å²) < 4.78 is 76.6. The standard InChI is InChI=1S/C19H16F3N3O5S/c20-19(21,22)13-4-1-2-6-17(13)31(27,28)25-9-7-24(8-10-25)18(26)14-12-16(30-23-14)15-5-3-11-29-15/h1-6,11-12H,7-10H2.